The first-order valence-corrected chi connectivity index (χ1v) is 5.57. The zero-order valence-corrected chi connectivity index (χ0v) is 10.1. The van der Waals surface area contributed by atoms with Gasteiger partial charge in [-0.05, 0) is 18.2 Å². The van der Waals surface area contributed by atoms with Gasteiger partial charge in [-0.1, -0.05) is 12.1 Å². The summed E-state index contributed by atoms with van der Waals surface area (Å²) >= 11 is 0. The van der Waals surface area contributed by atoms with Gasteiger partial charge in [-0.25, -0.2) is 18.0 Å². The van der Waals surface area contributed by atoms with Crippen LogP contribution in [0.15, 0.2) is 36.4 Å². The van der Waals surface area contributed by atoms with Crippen molar-refractivity contribution in [2.45, 2.75) is 6.61 Å². The Morgan fingerprint density at radius 1 is 1.15 bits per heavy atom. The molecule has 0 heterocycles. The molecular formula is C14H9F3O3. The molecule has 0 bridgehead atoms. The average molecular weight is 282 g/mol. The number of carboxylic acid groups (broad SMARTS) is 1. The highest BCUT2D eigenvalue weighted by Gasteiger charge is 2.14. The Balaban J connectivity index is 2.19. The summed E-state index contributed by atoms with van der Waals surface area (Å²) < 4.78 is 44.8. The molecule has 1 N–H and O–H groups in total. The number of ether oxygens (including phenoxy) is 1. The number of halogens is 3. The largest absolute Gasteiger partial charge is 0.486 e. The molecule has 104 valence electrons. The van der Waals surface area contributed by atoms with Gasteiger partial charge in [0.05, 0.1) is 5.56 Å². The fourth-order valence-electron chi connectivity index (χ4n) is 1.60. The molecule has 0 aliphatic rings. The summed E-state index contributed by atoms with van der Waals surface area (Å²) in [7, 11) is 0. The van der Waals surface area contributed by atoms with Gasteiger partial charge in [0.25, 0.3) is 0 Å². The molecule has 3 nitrogen and oxygen atoms in total. The fraction of sp³-hybridized carbons (Fsp3) is 0.0714. The lowest BCUT2D eigenvalue weighted by Gasteiger charge is -2.09. The van der Waals surface area contributed by atoms with Crippen molar-refractivity contribution in [3.63, 3.8) is 0 Å². The lowest BCUT2D eigenvalue weighted by molar-refractivity contribution is 0.0691. The highest BCUT2D eigenvalue weighted by atomic mass is 19.1. The number of hydrogen-bond donors (Lipinski definition) is 1. The van der Waals surface area contributed by atoms with Gasteiger partial charge in [-0.15, -0.1) is 0 Å². The molecule has 20 heavy (non-hydrogen) atoms. The van der Waals surface area contributed by atoms with Gasteiger partial charge in [0, 0.05) is 11.6 Å². The molecular weight excluding hydrogens is 273 g/mol. The van der Waals surface area contributed by atoms with E-state index in [4.69, 9.17) is 9.84 Å². The molecule has 0 aliphatic heterocycles. The van der Waals surface area contributed by atoms with Crippen LogP contribution in [-0.2, 0) is 6.61 Å². The van der Waals surface area contributed by atoms with Crippen molar-refractivity contribution >= 4 is 5.97 Å². The molecule has 0 amide bonds. The van der Waals surface area contributed by atoms with Gasteiger partial charge in [0.15, 0.2) is 11.6 Å². The smallest absolute Gasteiger partial charge is 0.338 e. The number of benzene rings is 2. The molecule has 0 atom stereocenters. The van der Waals surface area contributed by atoms with Crippen LogP contribution in [0.2, 0.25) is 0 Å². The Bertz CT molecular complexity index is 656. The Labute approximate surface area is 112 Å². The SMILES string of the molecule is O=C(O)c1cccc(COc2ccc(F)cc2F)c1F. The summed E-state index contributed by atoms with van der Waals surface area (Å²) in [5, 5.41) is 8.77. The molecule has 0 aliphatic carbocycles. The van der Waals surface area contributed by atoms with E-state index in [0.29, 0.717) is 6.07 Å². The lowest BCUT2D eigenvalue weighted by atomic mass is 10.1. The molecule has 0 radical (unpaired) electrons. The summed E-state index contributed by atoms with van der Waals surface area (Å²) in [4.78, 5) is 10.8. The predicted octanol–water partition coefficient (Wildman–Crippen LogP) is 3.38. The first-order valence-electron chi connectivity index (χ1n) is 5.57. The maximum atomic E-state index is 13.8. The van der Waals surface area contributed by atoms with E-state index in [9.17, 15) is 18.0 Å². The topological polar surface area (TPSA) is 46.5 Å². The van der Waals surface area contributed by atoms with E-state index in [1.807, 2.05) is 0 Å². The summed E-state index contributed by atoms with van der Waals surface area (Å²) in [5.74, 6) is -4.26. The fourth-order valence-corrected chi connectivity index (χ4v) is 1.60. The van der Waals surface area contributed by atoms with Gasteiger partial charge >= 0.3 is 5.97 Å². The van der Waals surface area contributed by atoms with Crippen molar-refractivity contribution in [2.75, 3.05) is 0 Å². The Morgan fingerprint density at radius 3 is 2.55 bits per heavy atom. The van der Waals surface area contributed by atoms with Gasteiger partial charge in [0.2, 0.25) is 0 Å². The van der Waals surface area contributed by atoms with Crippen molar-refractivity contribution in [1.82, 2.24) is 0 Å². The van der Waals surface area contributed by atoms with E-state index in [1.54, 1.807) is 0 Å². The minimum Gasteiger partial charge on any atom is -0.486 e. The molecule has 6 heteroatoms. The van der Waals surface area contributed by atoms with E-state index in [1.165, 1.54) is 12.1 Å². The Kier molecular flexibility index (Phi) is 3.93. The van der Waals surface area contributed by atoms with Crippen LogP contribution in [0.5, 0.6) is 5.75 Å². The minimum absolute atomic E-state index is 0.0337. The average Bonchev–Trinajstić information content (AvgIpc) is 2.39. The third-order valence-corrected chi connectivity index (χ3v) is 2.59. The van der Waals surface area contributed by atoms with Gasteiger partial charge < -0.3 is 9.84 Å². The van der Waals surface area contributed by atoms with Crippen molar-refractivity contribution < 1.29 is 27.8 Å². The Morgan fingerprint density at radius 2 is 1.90 bits per heavy atom. The van der Waals surface area contributed by atoms with Crippen molar-refractivity contribution in [3.05, 3.63) is 65.0 Å². The lowest BCUT2D eigenvalue weighted by Crippen LogP contribution is -2.06. The van der Waals surface area contributed by atoms with Crippen LogP contribution < -0.4 is 4.74 Å². The van der Waals surface area contributed by atoms with Crippen LogP contribution in [0.3, 0.4) is 0 Å². The van der Waals surface area contributed by atoms with Crippen LogP contribution >= 0.6 is 0 Å². The molecule has 0 fully saturated rings. The molecule has 0 unspecified atom stereocenters. The van der Waals surface area contributed by atoms with Gasteiger partial charge in [0.1, 0.15) is 18.2 Å². The quantitative estimate of drug-likeness (QED) is 0.935. The molecule has 2 aromatic carbocycles. The van der Waals surface area contributed by atoms with E-state index < -0.39 is 29.0 Å². The van der Waals surface area contributed by atoms with Crippen LogP contribution in [0.4, 0.5) is 13.2 Å². The minimum atomic E-state index is -1.41. The van der Waals surface area contributed by atoms with Crippen LogP contribution in [0, 0.1) is 17.5 Å². The molecule has 0 saturated heterocycles. The highest BCUT2D eigenvalue weighted by molar-refractivity contribution is 5.88. The standard InChI is InChI=1S/C14H9F3O3/c15-9-4-5-12(11(16)6-9)20-7-8-2-1-3-10(13(8)17)14(18)19/h1-6H,7H2,(H,18,19). The number of hydrogen-bond acceptors (Lipinski definition) is 2. The third-order valence-electron chi connectivity index (χ3n) is 2.59. The summed E-state index contributed by atoms with van der Waals surface area (Å²) in [6.45, 7) is -0.366. The zero-order chi connectivity index (χ0) is 14.7. The van der Waals surface area contributed by atoms with Crippen molar-refractivity contribution in [2.24, 2.45) is 0 Å². The number of carbonyl (C=O) groups is 1. The number of rotatable bonds is 4. The van der Waals surface area contributed by atoms with Crippen molar-refractivity contribution in [3.8, 4) is 5.75 Å². The van der Waals surface area contributed by atoms with Gasteiger partial charge in [-0.2, -0.15) is 0 Å². The Hall–Kier alpha value is -2.50. The molecule has 0 saturated carbocycles. The predicted molar refractivity (Wildman–Crippen MR) is 64.0 cm³/mol. The molecule has 0 aromatic heterocycles. The second-order valence-corrected chi connectivity index (χ2v) is 3.95. The summed E-state index contributed by atoms with van der Waals surface area (Å²) in [6.07, 6.45) is 0. The summed E-state index contributed by atoms with van der Waals surface area (Å²) in [6, 6.07) is 6.50. The monoisotopic (exact) mass is 282 g/mol. The van der Waals surface area contributed by atoms with Gasteiger partial charge in [-0.3, -0.25) is 0 Å². The third kappa shape index (κ3) is 2.90. The molecule has 2 rings (SSSR count). The summed E-state index contributed by atoms with van der Waals surface area (Å²) in [5.41, 5.74) is -0.528. The normalized spacial score (nSPS) is 10.3. The molecule has 0 spiro atoms. The number of aromatic carboxylic acids is 1. The van der Waals surface area contributed by atoms with Crippen LogP contribution in [0.25, 0.3) is 0 Å². The van der Waals surface area contributed by atoms with Crippen LogP contribution in [-0.4, -0.2) is 11.1 Å². The zero-order valence-electron chi connectivity index (χ0n) is 10.1. The second-order valence-electron chi connectivity index (χ2n) is 3.95. The second kappa shape index (κ2) is 5.64. The maximum absolute atomic E-state index is 13.8. The first kappa shape index (κ1) is 13.9. The van der Waals surface area contributed by atoms with Crippen LogP contribution in [0.1, 0.15) is 15.9 Å². The van der Waals surface area contributed by atoms with E-state index >= 15 is 0 Å². The first-order chi connectivity index (χ1) is 9.49. The maximum Gasteiger partial charge on any atom is 0.338 e. The number of carboxylic acids is 1. The highest BCUT2D eigenvalue weighted by Crippen LogP contribution is 2.20. The molecule has 2 aromatic rings. The van der Waals surface area contributed by atoms with E-state index in [0.717, 1.165) is 18.2 Å². The van der Waals surface area contributed by atoms with Crippen molar-refractivity contribution in [1.29, 1.82) is 0 Å². The van der Waals surface area contributed by atoms with E-state index in [-0.39, 0.29) is 17.9 Å². The van der Waals surface area contributed by atoms with E-state index in [2.05, 4.69) is 0 Å².